The Balaban J connectivity index is 3.88. The number of hydrogen-bond donors (Lipinski definition) is 0. The molecule has 0 aromatic heterocycles. The number of rotatable bonds is 2. The van der Waals surface area contributed by atoms with Crippen molar-refractivity contribution in [1.82, 2.24) is 4.23 Å². The lowest BCUT2D eigenvalue weighted by Crippen LogP contribution is -2.48. The molecule has 0 aromatic rings. The molecule has 0 bridgehead atoms. The molecule has 1 unspecified atom stereocenters. The third-order valence-corrected chi connectivity index (χ3v) is 9.63. The second-order valence-electron chi connectivity index (χ2n) is 3.36. The molecular formula is C5H16ClNSi2. The van der Waals surface area contributed by atoms with Gasteiger partial charge in [-0.2, -0.15) is 11.1 Å². The molecular weight excluding hydrogens is 166 g/mol. The first-order valence-electron chi connectivity index (χ1n) is 3.22. The molecule has 0 aliphatic heterocycles. The number of halogens is 1. The second-order valence-corrected chi connectivity index (χ2v) is 12.7. The summed E-state index contributed by atoms with van der Waals surface area (Å²) in [6, 6.07) is 0. The van der Waals surface area contributed by atoms with Gasteiger partial charge in [-0.1, -0.05) is 19.6 Å². The van der Waals surface area contributed by atoms with Gasteiger partial charge in [-0.05, 0) is 13.6 Å². The highest BCUT2D eigenvalue weighted by molar-refractivity contribution is 7.09. The summed E-state index contributed by atoms with van der Waals surface area (Å²) in [5.41, 5.74) is 0. The van der Waals surface area contributed by atoms with Crippen molar-refractivity contribution >= 4 is 27.6 Å². The summed E-state index contributed by atoms with van der Waals surface area (Å²) in [7, 11) is 0.0660. The molecule has 1 atom stereocenters. The fourth-order valence-electron chi connectivity index (χ4n) is 0.534. The van der Waals surface area contributed by atoms with E-state index in [-0.39, 0.29) is 0 Å². The zero-order valence-corrected chi connectivity index (χ0v) is 9.81. The zero-order chi connectivity index (χ0) is 7.65. The molecule has 0 heterocycles. The van der Waals surface area contributed by atoms with Crippen LogP contribution in [0.2, 0.25) is 26.2 Å². The van der Waals surface area contributed by atoms with Gasteiger partial charge in [0.1, 0.15) is 8.24 Å². The van der Waals surface area contributed by atoms with Crippen LogP contribution in [0.1, 0.15) is 0 Å². The fraction of sp³-hybridized carbons (Fsp3) is 1.00. The van der Waals surface area contributed by atoms with Crippen molar-refractivity contribution in [2.24, 2.45) is 0 Å². The molecule has 0 fully saturated rings. The van der Waals surface area contributed by atoms with Gasteiger partial charge in [0, 0.05) is 0 Å². The zero-order valence-electron chi connectivity index (χ0n) is 6.90. The maximum Gasteiger partial charge on any atom is 0.204 e. The van der Waals surface area contributed by atoms with Crippen LogP contribution in [0.3, 0.4) is 0 Å². The molecule has 0 aliphatic rings. The van der Waals surface area contributed by atoms with Gasteiger partial charge < -0.3 is 4.23 Å². The molecule has 0 saturated carbocycles. The molecule has 56 valence electrons. The van der Waals surface area contributed by atoms with E-state index in [9.17, 15) is 0 Å². The summed E-state index contributed by atoms with van der Waals surface area (Å²) in [5, 5.41) is 0. The molecule has 0 radical (unpaired) electrons. The van der Waals surface area contributed by atoms with Crippen LogP contribution in [0, 0.1) is 0 Å². The first-order chi connectivity index (χ1) is 3.85. The molecule has 0 aliphatic carbocycles. The number of nitrogens with zero attached hydrogens (tertiary/aromatic N) is 1. The molecule has 0 N–H and O–H groups in total. The van der Waals surface area contributed by atoms with Gasteiger partial charge in [0.25, 0.3) is 0 Å². The summed E-state index contributed by atoms with van der Waals surface area (Å²) in [5.74, 6) is 0. The van der Waals surface area contributed by atoms with Crippen LogP contribution in [-0.4, -0.2) is 27.8 Å². The average molecular weight is 182 g/mol. The minimum absolute atomic E-state index is 1.02. The highest BCUT2D eigenvalue weighted by Gasteiger charge is 2.23. The Morgan fingerprint density at radius 3 is 1.67 bits per heavy atom. The van der Waals surface area contributed by atoms with Crippen molar-refractivity contribution in [2.75, 3.05) is 7.05 Å². The monoisotopic (exact) mass is 181 g/mol. The van der Waals surface area contributed by atoms with Crippen molar-refractivity contribution in [1.29, 1.82) is 0 Å². The summed E-state index contributed by atoms with van der Waals surface area (Å²) in [4.78, 5) is 0. The summed E-state index contributed by atoms with van der Waals surface area (Å²) in [6.45, 7) is 9.11. The van der Waals surface area contributed by atoms with Gasteiger partial charge in [-0.25, -0.2) is 0 Å². The predicted octanol–water partition coefficient (Wildman–Crippen LogP) is 1.84. The van der Waals surface area contributed by atoms with Crippen LogP contribution in [0.15, 0.2) is 0 Å². The topological polar surface area (TPSA) is 3.24 Å². The van der Waals surface area contributed by atoms with Crippen molar-refractivity contribution in [3.05, 3.63) is 0 Å². The van der Waals surface area contributed by atoms with Crippen LogP contribution in [-0.2, 0) is 0 Å². The average Bonchev–Trinajstić information content (AvgIpc) is 1.62. The van der Waals surface area contributed by atoms with E-state index < -0.39 is 16.5 Å². The summed E-state index contributed by atoms with van der Waals surface area (Å²) < 4.78 is 2.40. The Kier molecular flexibility index (Phi) is 3.43. The smallest absolute Gasteiger partial charge is 0.204 e. The minimum Gasteiger partial charge on any atom is -0.339 e. The predicted molar refractivity (Wildman–Crippen MR) is 50.0 cm³/mol. The van der Waals surface area contributed by atoms with E-state index in [0.717, 1.165) is 0 Å². The Morgan fingerprint density at radius 1 is 1.33 bits per heavy atom. The lowest BCUT2D eigenvalue weighted by molar-refractivity contribution is 0.797. The van der Waals surface area contributed by atoms with Crippen LogP contribution in [0.4, 0.5) is 0 Å². The molecule has 4 heteroatoms. The van der Waals surface area contributed by atoms with E-state index in [1.165, 1.54) is 0 Å². The first-order valence-corrected chi connectivity index (χ1v) is 10.1. The molecule has 0 spiro atoms. The highest BCUT2D eigenvalue weighted by Crippen LogP contribution is 2.09. The molecule has 0 amide bonds. The lowest BCUT2D eigenvalue weighted by atomic mass is 11.6. The quantitative estimate of drug-likeness (QED) is 0.465. The summed E-state index contributed by atoms with van der Waals surface area (Å²) in [6.07, 6.45) is 0. The maximum absolute atomic E-state index is 6.01. The maximum atomic E-state index is 6.01. The van der Waals surface area contributed by atoms with E-state index in [1.807, 2.05) is 0 Å². The van der Waals surface area contributed by atoms with E-state index in [2.05, 4.69) is 37.5 Å². The van der Waals surface area contributed by atoms with Crippen molar-refractivity contribution in [3.63, 3.8) is 0 Å². The number of hydrogen-bond acceptors (Lipinski definition) is 1. The van der Waals surface area contributed by atoms with E-state index in [0.29, 0.717) is 0 Å². The summed E-state index contributed by atoms with van der Waals surface area (Å²) >= 11 is 6.01. The van der Waals surface area contributed by atoms with Gasteiger partial charge in [0.05, 0.1) is 0 Å². The Bertz CT molecular complexity index is 89.4. The second kappa shape index (κ2) is 3.19. The largest absolute Gasteiger partial charge is 0.339 e. The van der Waals surface area contributed by atoms with Gasteiger partial charge in [-0.3, -0.25) is 0 Å². The van der Waals surface area contributed by atoms with Gasteiger partial charge in [0.15, 0.2) is 0 Å². The normalized spacial score (nSPS) is 16.3. The van der Waals surface area contributed by atoms with E-state index >= 15 is 0 Å². The molecule has 1 nitrogen and oxygen atoms in total. The Morgan fingerprint density at radius 2 is 1.67 bits per heavy atom. The van der Waals surface area contributed by atoms with Crippen LogP contribution in [0.25, 0.3) is 0 Å². The first kappa shape index (κ1) is 9.68. The van der Waals surface area contributed by atoms with E-state index in [4.69, 9.17) is 11.1 Å². The van der Waals surface area contributed by atoms with Gasteiger partial charge in [-0.15, -0.1) is 0 Å². The third-order valence-electron chi connectivity index (χ3n) is 1.59. The molecule has 0 rings (SSSR count). The minimum atomic E-state index is -1.06. The molecule has 0 saturated heterocycles. The lowest BCUT2D eigenvalue weighted by Gasteiger charge is -2.31. The third kappa shape index (κ3) is 3.40. The van der Waals surface area contributed by atoms with Crippen molar-refractivity contribution in [3.8, 4) is 0 Å². The van der Waals surface area contributed by atoms with Gasteiger partial charge >= 0.3 is 0 Å². The van der Waals surface area contributed by atoms with Gasteiger partial charge in [0.2, 0.25) is 8.27 Å². The van der Waals surface area contributed by atoms with Crippen LogP contribution in [0.5, 0.6) is 0 Å². The van der Waals surface area contributed by atoms with Crippen LogP contribution < -0.4 is 0 Å². The Labute approximate surface area is 65.5 Å². The fourth-order valence-corrected chi connectivity index (χ4v) is 7.44. The molecule has 0 aromatic carbocycles. The van der Waals surface area contributed by atoms with Crippen molar-refractivity contribution < 1.29 is 0 Å². The van der Waals surface area contributed by atoms with E-state index in [1.54, 1.807) is 0 Å². The molecule has 9 heavy (non-hydrogen) atoms. The SMILES string of the molecule is CN([SiH](C)Cl)[Si](C)(C)C. The Hall–Kier alpha value is 0.684. The highest BCUT2D eigenvalue weighted by atomic mass is 35.6. The van der Waals surface area contributed by atoms with Crippen LogP contribution >= 0.6 is 11.1 Å². The van der Waals surface area contributed by atoms with Crippen molar-refractivity contribution in [2.45, 2.75) is 26.2 Å². The standard InChI is InChI=1S/C5H16ClNSi2/c1-7(8(2)6)9(3,4)5/h8H,1-5H3.